The third-order valence-corrected chi connectivity index (χ3v) is 15.1. The first-order valence-electron chi connectivity index (χ1n) is 16.5. The molecule has 0 radical (unpaired) electrons. The molecule has 0 unspecified atom stereocenters. The van der Waals surface area contributed by atoms with Gasteiger partial charge in [-0.1, -0.05) is 46.2 Å². The van der Waals surface area contributed by atoms with E-state index in [2.05, 4.69) is 62.1 Å². The third-order valence-electron chi connectivity index (χ3n) is 8.26. The SMILES string of the molecule is Cc1nnc(SCC2=C(C(=O)[O-])N3C(=O)[C@@H](NC(=O)Cn4cnnn4)[C@H]3SC2)s1.Cc1nnc(SCC2=C(C(=O)[O-])N3C(=O)[C@@H](NC(=O)Cn4cnnn4)[C@H]3SC2)s1.[Na+].[Na+]. The van der Waals surface area contributed by atoms with E-state index in [4.69, 9.17) is 0 Å². The van der Waals surface area contributed by atoms with Crippen molar-refractivity contribution in [2.24, 2.45) is 0 Å². The van der Waals surface area contributed by atoms with Crippen LogP contribution < -0.4 is 80.0 Å². The number of tetrazole rings is 2. The number of aryl methyl sites for hydroxylation is 2. The zero-order valence-electron chi connectivity index (χ0n) is 31.7. The number of carbonyl (C=O) groups excluding carboxylic acids is 6. The predicted molar refractivity (Wildman–Crippen MR) is 200 cm³/mol. The molecule has 32 heteroatoms. The Morgan fingerprint density at radius 3 is 1.42 bits per heavy atom. The maximum absolute atomic E-state index is 12.6. The molecule has 2 fully saturated rings. The summed E-state index contributed by atoms with van der Waals surface area (Å²) in [7, 11) is 0. The summed E-state index contributed by atoms with van der Waals surface area (Å²) in [6.45, 7) is 3.39. The Morgan fingerprint density at radius 2 is 1.10 bits per heavy atom. The molecular weight excluding hydrogens is 927 g/mol. The molecule has 0 aromatic carbocycles. The number of aliphatic carboxylic acids is 2. The van der Waals surface area contributed by atoms with E-state index in [0.29, 0.717) is 34.2 Å². The van der Waals surface area contributed by atoms with Gasteiger partial charge in [0, 0.05) is 23.0 Å². The molecule has 4 aliphatic heterocycles. The number of nitrogens with one attached hydrogen (secondary N) is 2. The van der Waals surface area contributed by atoms with Gasteiger partial charge in [-0.05, 0) is 45.8 Å². The summed E-state index contributed by atoms with van der Waals surface area (Å²) in [6.07, 6.45) is 2.56. The average molecular weight is 953 g/mol. The summed E-state index contributed by atoms with van der Waals surface area (Å²) in [4.78, 5) is 75.2. The fourth-order valence-electron chi connectivity index (χ4n) is 5.77. The van der Waals surface area contributed by atoms with Gasteiger partial charge in [-0.2, -0.15) is 0 Å². The summed E-state index contributed by atoms with van der Waals surface area (Å²) in [5.74, 6) is -3.15. The predicted octanol–water partition coefficient (Wildman–Crippen LogP) is -9.93. The van der Waals surface area contributed by atoms with E-state index in [1.807, 2.05) is 13.8 Å². The van der Waals surface area contributed by atoms with Crippen LogP contribution in [-0.2, 0) is 41.9 Å². The molecule has 8 rings (SSSR count). The van der Waals surface area contributed by atoms with Gasteiger partial charge in [0.05, 0.1) is 23.3 Å². The van der Waals surface area contributed by atoms with Crippen molar-refractivity contribution in [2.75, 3.05) is 23.0 Å². The number of carboxylic acids is 2. The van der Waals surface area contributed by atoms with Crippen LogP contribution in [0.25, 0.3) is 0 Å². The minimum absolute atomic E-state index is 0. The first-order chi connectivity index (χ1) is 27.9. The number of hydrogen-bond acceptors (Lipinski definition) is 24. The van der Waals surface area contributed by atoms with Gasteiger partial charge in [0.1, 0.15) is 58.6 Å². The van der Waals surface area contributed by atoms with E-state index >= 15 is 0 Å². The molecule has 2 saturated heterocycles. The number of carboxylic acid groups (broad SMARTS) is 2. The van der Waals surface area contributed by atoms with Crippen molar-refractivity contribution >= 4 is 105 Å². The Hall–Kier alpha value is -3.04. The Balaban J connectivity index is 0.000000220. The van der Waals surface area contributed by atoms with Crippen molar-refractivity contribution in [3.05, 3.63) is 45.2 Å². The van der Waals surface area contributed by atoms with Crippen LogP contribution in [0.3, 0.4) is 0 Å². The van der Waals surface area contributed by atoms with Gasteiger partial charge in [-0.15, -0.1) is 54.1 Å². The second-order valence-corrected chi connectivity index (χ2v) is 19.2. The minimum atomic E-state index is -1.41. The Labute approximate surface area is 407 Å². The molecule has 4 aromatic heterocycles. The molecule has 2 N–H and O–H groups in total. The standard InChI is InChI=1S/2C14H14N8O4S3.2Na/c2*1-6-17-18-14(29-6)28-4-7-3-27-12-9(11(24)22(12)10(7)13(25)26)16-8(23)2-21-5-15-19-20-21;;/h2*5,9,12H,2-4H2,1H3,(H,16,23)(H,25,26);;/q;;2*+1/p-2/t2*9-,12-;;/m11../s1. The second kappa shape index (κ2) is 21.4. The number of rotatable bonds is 14. The van der Waals surface area contributed by atoms with Crippen LogP contribution in [0.1, 0.15) is 10.0 Å². The van der Waals surface area contributed by atoms with Crippen molar-refractivity contribution < 1.29 is 98.1 Å². The number of nitrogens with zero attached hydrogens (tertiary/aromatic N) is 14. The van der Waals surface area contributed by atoms with Crippen LogP contribution in [0.15, 0.2) is 43.9 Å². The number of hydrogen-bond donors (Lipinski definition) is 2. The number of carbonyl (C=O) groups is 6. The maximum atomic E-state index is 12.6. The van der Waals surface area contributed by atoms with E-state index in [9.17, 15) is 39.0 Å². The third kappa shape index (κ3) is 10.9. The summed E-state index contributed by atoms with van der Waals surface area (Å²) in [5.41, 5.74) is 0.906. The molecule has 60 heavy (non-hydrogen) atoms. The first kappa shape index (κ1) is 48.0. The summed E-state index contributed by atoms with van der Waals surface area (Å²) < 4.78 is 3.90. The maximum Gasteiger partial charge on any atom is 1.00 e. The number of β-lactam (4-membered cyclic amide) rings is 2. The molecule has 4 aromatic rings. The normalized spacial score (nSPS) is 20.3. The molecule has 24 nitrogen and oxygen atoms in total. The van der Waals surface area contributed by atoms with E-state index in [1.54, 1.807) is 0 Å². The molecule has 8 heterocycles. The van der Waals surface area contributed by atoms with E-state index in [1.165, 1.54) is 102 Å². The average Bonchev–Trinajstić information content (AvgIpc) is 4.04. The Kier molecular flexibility index (Phi) is 17.1. The van der Waals surface area contributed by atoms with Crippen LogP contribution in [0.4, 0.5) is 0 Å². The Morgan fingerprint density at radius 1 is 0.700 bits per heavy atom. The summed E-state index contributed by atoms with van der Waals surface area (Å²) in [5, 5.41) is 66.1. The van der Waals surface area contributed by atoms with Crippen LogP contribution >= 0.6 is 69.7 Å². The molecule has 304 valence electrons. The zero-order chi connectivity index (χ0) is 41.1. The molecule has 4 aliphatic rings. The smallest absolute Gasteiger partial charge is 0.543 e. The van der Waals surface area contributed by atoms with Crippen molar-refractivity contribution in [2.45, 2.75) is 58.4 Å². The molecule has 4 amide bonds. The first-order valence-corrected chi connectivity index (χ1v) is 22.2. The number of amides is 4. The summed E-state index contributed by atoms with van der Waals surface area (Å²) >= 11 is 8.34. The van der Waals surface area contributed by atoms with Gasteiger partial charge < -0.3 is 30.4 Å². The quantitative estimate of drug-likeness (QED) is 0.0673. The number of thioether (sulfide) groups is 4. The minimum Gasteiger partial charge on any atom is -0.543 e. The topological polar surface area (TPSA) is 318 Å². The van der Waals surface area contributed by atoms with Gasteiger partial charge in [0.25, 0.3) is 11.8 Å². The van der Waals surface area contributed by atoms with Crippen LogP contribution in [0.2, 0.25) is 0 Å². The molecule has 0 spiro atoms. The largest absolute Gasteiger partial charge is 1.00 e. The van der Waals surface area contributed by atoms with Gasteiger partial charge >= 0.3 is 59.1 Å². The van der Waals surface area contributed by atoms with Gasteiger partial charge in [-0.3, -0.25) is 29.0 Å². The Bertz CT molecular complexity index is 2150. The summed E-state index contributed by atoms with van der Waals surface area (Å²) in [6, 6.07) is -1.61. The van der Waals surface area contributed by atoms with Crippen LogP contribution in [-0.4, -0.2) is 152 Å². The van der Waals surface area contributed by atoms with Crippen LogP contribution in [0, 0.1) is 13.8 Å². The molecule has 0 saturated carbocycles. The van der Waals surface area contributed by atoms with Gasteiger partial charge in [-0.25, -0.2) is 9.36 Å². The van der Waals surface area contributed by atoms with Crippen LogP contribution in [0.5, 0.6) is 0 Å². The van der Waals surface area contributed by atoms with Gasteiger partial charge in [0.2, 0.25) is 11.8 Å². The van der Waals surface area contributed by atoms with E-state index < -0.39 is 58.4 Å². The van der Waals surface area contributed by atoms with Crippen molar-refractivity contribution in [3.63, 3.8) is 0 Å². The fraction of sp³-hybridized carbons (Fsp3) is 0.429. The number of aromatic nitrogens is 12. The molecule has 4 atom stereocenters. The number of fused-ring (bicyclic) bond motifs is 2. The van der Waals surface area contributed by atoms with Gasteiger partial charge in [0.15, 0.2) is 8.68 Å². The van der Waals surface area contributed by atoms with Crippen molar-refractivity contribution in [1.29, 1.82) is 0 Å². The van der Waals surface area contributed by atoms with E-state index in [-0.39, 0.29) is 83.6 Å². The molecule has 0 aliphatic carbocycles. The second-order valence-electron chi connectivity index (χ2n) is 12.2. The zero-order valence-corrected chi connectivity index (χ0v) is 40.6. The molecular formula is C28H26N16Na2O8S6. The van der Waals surface area contributed by atoms with E-state index in [0.717, 1.165) is 18.7 Å². The van der Waals surface area contributed by atoms with Crippen molar-refractivity contribution in [3.8, 4) is 0 Å². The monoisotopic (exact) mass is 952 g/mol. The fourth-order valence-corrected chi connectivity index (χ4v) is 12.4. The molecule has 0 bridgehead atoms. The van der Waals surface area contributed by atoms with Crippen molar-refractivity contribution in [1.82, 2.24) is 81.2 Å².